The zero-order valence-electron chi connectivity index (χ0n) is 15.1. The predicted octanol–water partition coefficient (Wildman–Crippen LogP) is 4.50. The van der Waals surface area contributed by atoms with Gasteiger partial charge in [-0.2, -0.15) is 4.79 Å². The van der Waals surface area contributed by atoms with Crippen LogP contribution in [0.5, 0.6) is 0 Å². The number of benzene rings is 2. The molecule has 0 saturated carbocycles. The molecule has 0 heterocycles. The van der Waals surface area contributed by atoms with Crippen molar-refractivity contribution >= 4 is 17.9 Å². The molecule has 0 amide bonds. The molecule has 0 aliphatic heterocycles. The number of hydrogen-bond acceptors (Lipinski definition) is 6. The fraction of sp³-hybridized carbons (Fsp3) is 0.190. The van der Waals surface area contributed by atoms with Gasteiger partial charge in [-0.25, -0.2) is 14.6 Å². The Bertz CT molecular complexity index is 683. The van der Waals surface area contributed by atoms with Gasteiger partial charge in [-0.1, -0.05) is 80.6 Å². The van der Waals surface area contributed by atoms with Crippen LogP contribution in [-0.4, -0.2) is 24.5 Å². The SMILES string of the molecule is C=CC(=O)OOC(=O)OCCCC.O=C(c1ccccc1)c1ccccc1. The van der Waals surface area contributed by atoms with Crippen molar-refractivity contribution in [2.75, 3.05) is 6.61 Å². The van der Waals surface area contributed by atoms with Gasteiger partial charge in [0.15, 0.2) is 5.78 Å². The van der Waals surface area contributed by atoms with Gasteiger partial charge in [0.25, 0.3) is 0 Å². The summed E-state index contributed by atoms with van der Waals surface area (Å²) in [5.74, 6) is -0.765. The standard InChI is InChI=1S/C13H10O.C8H12O5/c14-13(11-7-3-1-4-8-11)12-9-5-2-6-10-12;1-3-5-6-11-8(10)13-12-7(9)4-2/h1-10H;4H,2-3,5-6H2,1H3. The molecule has 0 spiro atoms. The van der Waals surface area contributed by atoms with Crippen molar-refractivity contribution in [2.45, 2.75) is 19.8 Å². The Morgan fingerprint density at radius 3 is 1.85 bits per heavy atom. The van der Waals surface area contributed by atoms with Crippen molar-refractivity contribution < 1.29 is 28.9 Å². The summed E-state index contributed by atoms with van der Waals surface area (Å²) in [5, 5.41) is 0. The first-order valence-corrected chi connectivity index (χ1v) is 8.41. The van der Waals surface area contributed by atoms with Crippen LogP contribution < -0.4 is 0 Å². The van der Waals surface area contributed by atoms with Crippen molar-refractivity contribution in [1.29, 1.82) is 0 Å². The second-order valence-electron chi connectivity index (χ2n) is 5.20. The molecule has 2 aromatic rings. The summed E-state index contributed by atoms with van der Waals surface area (Å²) in [4.78, 5) is 40.7. The smallest absolute Gasteiger partial charge is 0.432 e. The van der Waals surface area contributed by atoms with E-state index in [0.717, 1.165) is 30.0 Å². The highest BCUT2D eigenvalue weighted by Gasteiger charge is 2.07. The third kappa shape index (κ3) is 9.02. The first kappa shape index (κ1) is 21.6. The van der Waals surface area contributed by atoms with Crippen molar-refractivity contribution in [1.82, 2.24) is 0 Å². The van der Waals surface area contributed by atoms with Crippen LogP contribution in [-0.2, 0) is 19.3 Å². The van der Waals surface area contributed by atoms with Gasteiger partial charge in [0.2, 0.25) is 0 Å². The number of ketones is 1. The molecule has 0 bridgehead atoms. The molecular formula is C21H22O6. The molecule has 0 aromatic heterocycles. The van der Waals surface area contributed by atoms with Gasteiger partial charge in [-0.15, -0.1) is 0 Å². The van der Waals surface area contributed by atoms with Crippen molar-refractivity contribution in [3.63, 3.8) is 0 Å². The lowest BCUT2D eigenvalue weighted by atomic mass is 10.0. The molecule has 2 rings (SSSR count). The molecule has 6 heteroatoms. The maximum atomic E-state index is 11.8. The summed E-state index contributed by atoms with van der Waals surface area (Å²) in [7, 11) is 0. The van der Waals surface area contributed by atoms with Crippen LogP contribution in [0.2, 0.25) is 0 Å². The average molecular weight is 370 g/mol. The Labute approximate surface area is 158 Å². The molecule has 0 N–H and O–H groups in total. The molecule has 27 heavy (non-hydrogen) atoms. The quantitative estimate of drug-likeness (QED) is 0.186. The van der Waals surface area contributed by atoms with Gasteiger partial charge in [0.1, 0.15) is 0 Å². The Kier molecular flexibility index (Phi) is 10.3. The van der Waals surface area contributed by atoms with Crippen LogP contribution in [0.25, 0.3) is 0 Å². The minimum atomic E-state index is -1.02. The largest absolute Gasteiger partial charge is 0.549 e. The lowest BCUT2D eigenvalue weighted by molar-refractivity contribution is -0.238. The van der Waals surface area contributed by atoms with E-state index in [-0.39, 0.29) is 12.4 Å². The highest BCUT2D eigenvalue weighted by Crippen LogP contribution is 2.08. The summed E-state index contributed by atoms with van der Waals surface area (Å²) in [6.45, 7) is 5.31. The minimum absolute atomic E-state index is 0.0752. The fourth-order valence-corrected chi connectivity index (χ4v) is 1.78. The lowest BCUT2D eigenvalue weighted by Gasteiger charge is -2.01. The molecule has 0 radical (unpaired) electrons. The number of ether oxygens (including phenoxy) is 1. The van der Waals surface area contributed by atoms with Crippen LogP contribution in [0.4, 0.5) is 4.79 Å². The van der Waals surface area contributed by atoms with Gasteiger partial charge in [0.05, 0.1) is 6.61 Å². The third-order valence-electron chi connectivity index (χ3n) is 3.15. The summed E-state index contributed by atoms with van der Waals surface area (Å²) in [6, 6.07) is 18.6. The topological polar surface area (TPSA) is 78.9 Å². The first-order valence-electron chi connectivity index (χ1n) is 8.41. The van der Waals surface area contributed by atoms with Crippen molar-refractivity contribution in [2.24, 2.45) is 0 Å². The normalized spacial score (nSPS) is 9.22. The lowest BCUT2D eigenvalue weighted by Crippen LogP contribution is -2.11. The molecule has 0 atom stereocenters. The summed E-state index contributed by atoms with van der Waals surface area (Å²) >= 11 is 0. The fourth-order valence-electron chi connectivity index (χ4n) is 1.78. The summed E-state index contributed by atoms with van der Waals surface area (Å²) in [6.07, 6.45) is 1.49. The maximum absolute atomic E-state index is 11.8. The number of rotatable bonds is 6. The maximum Gasteiger partial charge on any atom is 0.549 e. The second kappa shape index (κ2) is 12.9. The number of unbranched alkanes of at least 4 members (excludes halogenated alkanes) is 1. The highest BCUT2D eigenvalue weighted by atomic mass is 17.2. The molecule has 0 aliphatic carbocycles. The molecule has 0 aliphatic rings. The molecule has 6 nitrogen and oxygen atoms in total. The highest BCUT2D eigenvalue weighted by molar-refractivity contribution is 6.08. The molecule has 2 aromatic carbocycles. The number of hydrogen-bond donors (Lipinski definition) is 0. The van der Waals surface area contributed by atoms with Crippen LogP contribution in [0.15, 0.2) is 73.3 Å². The van der Waals surface area contributed by atoms with Gasteiger partial charge in [0, 0.05) is 17.2 Å². The average Bonchev–Trinajstić information content (AvgIpc) is 2.73. The van der Waals surface area contributed by atoms with E-state index in [1.165, 1.54) is 0 Å². The minimum Gasteiger partial charge on any atom is -0.432 e. The van der Waals surface area contributed by atoms with E-state index in [1.54, 1.807) is 0 Å². The van der Waals surface area contributed by atoms with Gasteiger partial charge >= 0.3 is 12.1 Å². The van der Waals surface area contributed by atoms with E-state index in [1.807, 2.05) is 67.6 Å². The van der Waals surface area contributed by atoms with E-state index in [4.69, 9.17) is 0 Å². The van der Waals surface area contributed by atoms with E-state index in [0.29, 0.717) is 0 Å². The molecule has 142 valence electrons. The number of carbonyl (C=O) groups is 3. The number of carbonyl (C=O) groups excluding carboxylic acids is 3. The molecule has 0 unspecified atom stereocenters. The van der Waals surface area contributed by atoms with Crippen LogP contribution in [0.3, 0.4) is 0 Å². The Morgan fingerprint density at radius 1 is 0.889 bits per heavy atom. The first-order chi connectivity index (χ1) is 13.1. The second-order valence-corrected chi connectivity index (χ2v) is 5.20. The Balaban J connectivity index is 0.000000271. The van der Waals surface area contributed by atoms with Gasteiger partial charge in [-0.3, -0.25) is 4.79 Å². The molecule has 0 fully saturated rings. The Hall–Kier alpha value is -3.41. The van der Waals surface area contributed by atoms with Gasteiger partial charge < -0.3 is 4.74 Å². The summed E-state index contributed by atoms with van der Waals surface area (Å²) in [5.41, 5.74) is 1.47. The summed E-state index contributed by atoms with van der Waals surface area (Å²) < 4.78 is 4.50. The van der Waals surface area contributed by atoms with E-state index < -0.39 is 12.1 Å². The zero-order valence-corrected chi connectivity index (χ0v) is 15.1. The molecule has 0 saturated heterocycles. The van der Waals surface area contributed by atoms with Crippen molar-refractivity contribution in [3.05, 3.63) is 84.4 Å². The monoisotopic (exact) mass is 370 g/mol. The van der Waals surface area contributed by atoms with Crippen molar-refractivity contribution in [3.8, 4) is 0 Å². The predicted molar refractivity (Wildman–Crippen MR) is 99.9 cm³/mol. The van der Waals surface area contributed by atoms with Crippen LogP contribution in [0.1, 0.15) is 35.7 Å². The van der Waals surface area contributed by atoms with E-state index in [2.05, 4.69) is 21.1 Å². The van der Waals surface area contributed by atoms with Gasteiger partial charge in [-0.05, 0) is 6.42 Å². The zero-order chi connectivity index (χ0) is 19.9. The van der Waals surface area contributed by atoms with Crippen LogP contribution >= 0.6 is 0 Å². The van der Waals surface area contributed by atoms with E-state index >= 15 is 0 Å². The molecular weight excluding hydrogens is 348 g/mol. The van der Waals surface area contributed by atoms with Crippen LogP contribution in [0, 0.1) is 0 Å². The van der Waals surface area contributed by atoms with E-state index in [9.17, 15) is 14.4 Å². The Morgan fingerprint density at radius 2 is 1.41 bits per heavy atom. The third-order valence-corrected chi connectivity index (χ3v) is 3.15.